The first-order valence-electron chi connectivity index (χ1n) is 10.8. The van der Waals surface area contributed by atoms with Crippen LogP contribution >= 0.6 is 0 Å². The van der Waals surface area contributed by atoms with Crippen LogP contribution < -0.4 is 52.8 Å². The molecule has 0 nitrogen and oxygen atoms in total. The number of halogens is 3. The van der Waals surface area contributed by atoms with Crippen LogP contribution in [-0.2, 0) is 20.4 Å². The minimum Gasteiger partial charge on any atom is -1.00 e. The van der Waals surface area contributed by atoms with Crippen LogP contribution in [-0.4, -0.2) is 8.07 Å². The Balaban J connectivity index is 0.00000181. The third-order valence-corrected chi connectivity index (χ3v) is 14.2. The molecule has 0 saturated heterocycles. The third-order valence-electron chi connectivity index (χ3n) is 6.48. The number of benzene rings is 3. The number of hydrogen-bond donors (Lipinski definition) is 0. The zero-order valence-corrected chi connectivity index (χ0v) is 24.3. The van der Waals surface area contributed by atoms with Gasteiger partial charge in [0.15, 0.2) is 0 Å². The van der Waals surface area contributed by atoms with Gasteiger partial charge in [-0.1, -0.05) is 0 Å². The van der Waals surface area contributed by atoms with Crippen molar-refractivity contribution in [1.82, 2.24) is 0 Å². The first-order chi connectivity index (χ1) is 14.4. The molecule has 170 valence electrons. The van der Waals surface area contributed by atoms with E-state index in [0.717, 1.165) is 6.42 Å². The standard InChI is InChI=1S/C28H29Si.3ClH.Ti/c1-5-24-13-9-17-28(24)29(25-14-6-10-21(2)18-25,26-15-7-11-22(3)19-26)27-16-8-12-23(4)20-27;;;;/h6-20H,5H2,1-4H3;3*1H;/q;;;;+3/p-3. The quantitative estimate of drug-likeness (QED) is 0.228. The summed E-state index contributed by atoms with van der Waals surface area (Å²) in [6.07, 6.45) is 8.22. The second kappa shape index (κ2) is 12.1. The maximum Gasteiger partial charge on any atom is -1.00 e. The summed E-state index contributed by atoms with van der Waals surface area (Å²) in [5.41, 5.74) is 5.53. The molecule has 1 aliphatic carbocycles. The first kappa shape index (κ1) is 30.0. The smallest absolute Gasteiger partial charge is 1.00 e. The molecule has 1 unspecified atom stereocenters. The van der Waals surface area contributed by atoms with Gasteiger partial charge in [-0.2, -0.15) is 0 Å². The molecule has 0 saturated carbocycles. The van der Waals surface area contributed by atoms with Gasteiger partial charge in [-0.15, -0.1) is 0 Å². The SMILES string of the molecule is CCC1=CC=C[C]1([Ti+3])[Si](c1cccc(C)c1)(c1cccc(C)c1)c1cccc(C)c1.[Cl-].[Cl-].[Cl-]. The van der Waals surface area contributed by atoms with Gasteiger partial charge >= 0.3 is 195 Å². The minimum absolute atomic E-state index is 0. The molecule has 0 spiro atoms. The summed E-state index contributed by atoms with van der Waals surface area (Å²) in [5.74, 6) is 0. The van der Waals surface area contributed by atoms with Crippen LogP contribution in [0.5, 0.6) is 0 Å². The van der Waals surface area contributed by atoms with Gasteiger partial charge in [0.25, 0.3) is 0 Å². The van der Waals surface area contributed by atoms with Gasteiger partial charge in [0, 0.05) is 0 Å². The summed E-state index contributed by atoms with van der Waals surface area (Å²) < 4.78 is -0.0167. The Morgan fingerprint density at radius 3 is 1.42 bits per heavy atom. The van der Waals surface area contributed by atoms with Crippen molar-refractivity contribution in [2.75, 3.05) is 0 Å². The van der Waals surface area contributed by atoms with E-state index in [0.29, 0.717) is 0 Å². The largest absolute Gasteiger partial charge is 1.00 e. The molecule has 0 fully saturated rings. The van der Waals surface area contributed by atoms with Crippen LogP contribution in [0, 0.1) is 20.8 Å². The molecular weight excluding hydrogens is 519 g/mol. The zero-order chi connectivity index (χ0) is 21.4. The van der Waals surface area contributed by atoms with Crippen LogP contribution in [0.4, 0.5) is 0 Å². The molecule has 0 bridgehead atoms. The van der Waals surface area contributed by atoms with Crippen LogP contribution in [0.3, 0.4) is 0 Å². The average Bonchev–Trinajstić information content (AvgIpc) is 3.10. The van der Waals surface area contributed by atoms with Crippen molar-refractivity contribution in [3.05, 3.63) is 113 Å². The van der Waals surface area contributed by atoms with E-state index >= 15 is 0 Å². The molecule has 0 radical (unpaired) electrons. The maximum absolute atomic E-state index is 2.49. The van der Waals surface area contributed by atoms with Crippen molar-refractivity contribution in [3.8, 4) is 0 Å². The molecule has 1 atom stereocenters. The fourth-order valence-corrected chi connectivity index (χ4v) is 13.5. The first-order valence-corrected chi connectivity index (χ1v) is 13.5. The molecule has 0 amide bonds. The molecule has 1 aliphatic rings. The van der Waals surface area contributed by atoms with Gasteiger partial charge < -0.3 is 37.2 Å². The molecule has 0 aromatic heterocycles. The Morgan fingerprint density at radius 1 is 0.697 bits per heavy atom. The van der Waals surface area contributed by atoms with Crippen molar-refractivity contribution in [1.29, 1.82) is 0 Å². The molecule has 4 rings (SSSR count). The molecule has 0 heterocycles. The summed E-state index contributed by atoms with van der Waals surface area (Å²) >= 11 is 2.49. The third kappa shape index (κ3) is 5.15. The van der Waals surface area contributed by atoms with Crippen LogP contribution in [0.2, 0.25) is 3.34 Å². The van der Waals surface area contributed by atoms with E-state index < -0.39 is 8.07 Å². The van der Waals surface area contributed by atoms with Gasteiger partial charge in [-0.25, -0.2) is 0 Å². The average molecular weight is 548 g/mol. The molecular formula is C28H29Cl3SiTi. The summed E-state index contributed by atoms with van der Waals surface area (Å²) in [6, 6.07) is 27.9. The fourth-order valence-electron chi connectivity index (χ4n) is 5.13. The van der Waals surface area contributed by atoms with Crippen molar-refractivity contribution in [3.63, 3.8) is 0 Å². The van der Waals surface area contributed by atoms with E-state index in [1.54, 1.807) is 5.57 Å². The monoisotopic (exact) mass is 546 g/mol. The Hall–Kier alpha value is -1.06. The molecule has 0 aliphatic heterocycles. The normalized spacial score (nSPS) is 16.8. The number of allylic oxidation sites excluding steroid dienone is 4. The van der Waals surface area contributed by atoms with E-state index in [1.165, 1.54) is 32.3 Å². The second-order valence-corrected chi connectivity index (χ2v) is 14.6. The summed E-state index contributed by atoms with van der Waals surface area (Å²) in [7, 11) is -2.45. The number of rotatable bonds is 5. The van der Waals surface area contributed by atoms with E-state index in [9.17, 15) is 0 Å². The van der Waals surface area contributed by atoms with Gasteiger partial charge in [-0.05, 0) is 0 Å². The second-order valence-electron chi connectivity index (χ2n) is 8.57. The summed E-state index contributed by atoms with van der Waals surface area (Å²) in [5, 5.41) is 4.48. The van der Waals surface area contributed by atoms with Crippen molar-refractivity contribution in [2.24, 2.45) is 0 Å². The van der Waals surface area contributed by atoms with Gasteiger partial charge in [-0.3, -0.25) is 0 Å². The van der Waals surface area contributed by atoms with Crippen LogP contribution in [0.1, 0.15) is 30.0 Å². The fraction of sp³-hybridized carbons (Fsp3) is 0.214. The van der Waals surface area contributed by atoms with E-state index in [4.69, 9.17) is 0 Å². The summed E-state index contributed by atoms with van der Waals surface area (Å²) in [4.78, 5) is 0. The van der Waals surface area contributed by atoms with Crippen LogP contribution in [0.25, 0.3) is 0 Å². The Bertz CT molecular complexity index is 1040. The Kier molecular flexibility index (Phi) is 11.0. The molecule has 3 aromatic carbocycles. The van der Waals surface area contributed by atoms with E-state index in [-0.39, 0.29) is 40.6 Å². The van der Waals surface area contributed by atoms with E-state index in [1.807, 2.05) is 0 Å². The predicted molar refractivity (Wildman–Crippen MR) is 128 cm³/mol. The maximum atomic E-state index is 2.49. The minimum atomic E-state index is -2.45. The molecule has 5 heteroatoms. The zero-order valence-electron chi connectivity index (χ0n) is 19.5. The van der Waals surface area contributed by atoms with Gasteiger partial charge in [0.2, 0.25) is 0 Å². The molecule has 0 N–H and O–H groups in total. The van der Waals surface area contributed by atoms with Crippen LogP contribution in [0.15, 0.2) is 96.6 Å². The molecule has 33 heavy (non-hydrogen) atoms. The predicted octanol–water partition coefficient (Wildman–Crippen LogP) is -3.76. The molecule has 3 aromatic rings. The van der Waals surface area contributed by atoms with Gasteiger partial charge in [0.1, 0.15) is 0 Å². The van der Waals surface area contributed by atoms with Gasteiger partial charge in [0.05, 0.1) is 0 Å². The van der Waals surface area contributed by atoms with Crippen molar-refractivity contribution < 1.29 is 57.7 Å². The Morgan fingerprint density at radius 2 is 1.09 bits per heavy atom. The van der Waals surface area contributed by atoms with Crippen molar-refractivity contribution in [2.45, 2.75) is 37.5 Å². The summed E-state index contributed by atoms with van der Waals surface area (Å²) in [6.45, 7) is 8.97. The Labute approximate surface area is 230 Å². The topological polar surface area (TPSA) is 0 Å². The van der Waals surface area contributed by atoms with E-state index in [2.05, 4.69) is 139 Å². The number of hydrogen-bond acceptors (Lipinski definition) is 0. The number of aryl methyl sites for hydroxylation is 3. The van der Waals surface area contributed by atoms with Crippen molar-refractivity contribution >= 4 is 23.6 Å².